The van der Waals surface area contributed by atoms with E-state index in [0.29, 0.717) is 12.2 Å². The Morgan fingerprint density at radius 3 is 2.84 bits per heavy atom. The number of fused-ring (bicyclic) bond motifs is 1. The molecule has 5 heteroatoms. The van der Waals surface area contributed by atoms with Gasteiger partial charge in [-0.15, -0.1) is 0 Å². The zero-order valence-corrected chi connectivity index (χ0v) is 10.5. The van der Waals surface area contributed by atoms with Gasteiger partial charge in [-0.3, -0.25) is 4.98 Å². The fraction of sp³-hybridized carbons (Fsp3) is 0.357. The second kappa shape index (κ2) is 4.84. The number of carbonyl (C=O) groups is 1. The molecule has 3 rings (SSSR count). The molecule has 1 unspecified atom stereocenters. The van der Waals surface area contributed by atoms with E-state index in [2.05, 4.69) is 9.97 Å². The quantitative estimate of drug-likeness (QED) is 0.892. The molecule has 1 aromatic heterocycles. The highest BCUT2D eigenvalue weighted by atomic mass is 16.4. The van der Waals surface area contributed by atoms with Gasteiger partial charge in [0.25, 0.3) is 0 Å². The van der Waals surface area contributed by atoms with Gasteiger partial charge in [-0.05, 0) is 31.4 Å². The van der Waals surface area contributed by atoms with E-state index in [-0.39, 0.29) is 0 Å². The van der Waals surface area contributed by atoms with E-state index < -0.39 is 12.0 Å². The first-order valence-corrected chi connectivity index (χ1v) is 6.47. The van der Waals surface area contributed by atoms with Gasteiger partial charge >= 0.3 is 5.97 Å². The van der Waals surface area contributed by atoms with Crippen molar-refractivity contribution >= 4 is 22.8 Å². The minimum Gasteiger partial charge on any atom is -0.480 e. The van der Waals surface area contributed by atoms with E-state index in [0.717, 1.165) is 30.4 Å². The predicted octanol–water partition coefficient (Wildman–Crippen LogP) is 2.07. The first-order valence-electron chi connectivity index (χ1n) is 6.47. The molecule has 1 aliphatic heterocycles. The second-order valence-electron chi connectivity index (χ2n) is 4.76. The van der Waals surface area contributed by atoms with Gasteiger partial charge < -0.3 is 10.0 Å². The Hall–Kier alpha value is -2.17. The van der Waals surface area contributed by atoms with E-state index in [4.69, 9.17) is 0 Å². The van der Waals surface area contributed by atoms with Gasteiger partial charge in [0.1, 0.15) is 11.9 Å². The topological polar surface area (TPSA) is 66.3 Å². The lowest BCUT2D eigenvalue weighted by Gasteiger charge is -2.33. The summed E-state index contributed by atoms with van der Waals surface area (Å²) in [6.45, 7) is 0.726. The number of nitrogens with zero attached hydrogens (tertiary/aromatic N) is 3. The minimum absolute atomic E-state index is 0.482. The highest BCUT2D eigenvalue weighted by molar-refractivity contribution is 5.79. The Balaban J connectivity index is 1.99. The number of hydrogen-bond acceptors (Lipinski definition) is 4. The standard InChI is InChI=1S/C14H15N3O2/c18-14(19)12-7-3-4-8-17(12)13-9-15-10-5-1-2-6-11(10)16-13/h1-2,5-6,9,12H,3-4,7-8H2,(H,18,19). The number of para-hydroxylation sites is 2. The maximum atomic E-state index is 11.3. The third-order valence-corrected chi connectivity index (χ3v) is 3.52. The van der Waals surface area contributed by atoms with Crippen molar-refractivity contribution in [3.8, 4) is 0 Å². The summed E-state index contributed by atoms with van der Waals surface area (Å²) in [5, 5.41) is 9.29. The van der Waals surface area contributed by atoms with Crippen LogP contribution in [-0.4, -0.2) is 33.6 Å². The summed E-state index contributed by atoms with van der Waals surface area (Å²) in [6.07, 6.45) is 4.29. The second-order valence-corrected chi connectivity index (χ2v) is 4.76. The summed E-state index contributed by atoms with van der Waals surface area (Å²) in [5.74, 6) is -0.125. The van der Waals surface area contributed by atoms with Gasteiger partial charge in [0.15, 0.2) is 0 Å². The number of anilines is 1. The zero-order chi connectivity index (χ0) is 13.2. The van der Waals surface area contributed by atoms with Crippen LogP contribution in [0.3, 0.4) is 0 Å². The largest absolute Gasteiger partial charge is 0.480 e. The normalized spacial score (nSPS) is 19.6. The smallest absolute Gasteiger partial charge is 0.326 e. The van der Waals surface area contributed by atoms with Crippen molar-refractivity contribution in [2.45, 2.75) is 25.3 Å². The number of carboxylic acid groups (broad SMARTS) is 1. The van der Waals surface area contributed by atoms with Gasteiger partial charge in [0.2, 0.25) is 0 Å². The molecule has 2 heterocycles. The van der Waals surface area contributed by atoms with Crippen molar-refractivity contribution in [1.29, 1.82) is 0 Å². The summed E-state index contributed by atoms with van der Waals surface area (Å²) in [7, 11) is 0. The van der Waals surface area contributed by atoms with E-state index in [1.165, 1.54) is 0 Å². The average molecular weight is 257 g/mol. The molecule has 0 saturated carbocycles. The van der Waals surface area contributed by atoms with Crippen LogP contribution < -0.4 is 4.90 Å². The number of aliphatic carboxylic acids is 1. The van der Waals surface area contributed by atoms with Crippen molar-refractivity contribution in [2.24, 2.45) is 0 Å². The maximum absolute atomic E-state index is 11.3. The van der Waals surface area contributed by atoms with Gasteiger partial charge in [0.05, 0.1) is 17.2 Å². The third kappa shape index (κ3) is 2.23. The Morgan fingerprint density at radius 1 is 1.26 bits per heavy atom. The van der Waals surface area contributed by atoms with Crippen molar-refractivity contribution in [3.05, 3.63) is 30.5 Å². The maximum Gasteiger partial charge on any atom is 0.326 e. The number of piperidine rings is 1. The average Bonchev–Trinajstić information content (AvgIpc) is 2.46. The van der Waals surface area contributed by atoms with Crippen LogP contribution in [0, 0.1) is 0 Å². The molecule has 0 radical (unpaired) electrons. The lowest BCUT2D eigenvalue weighted by molar-refractivity contribution is -0.139. The molecule has 5 nitrogen and oxygen atoms in total. The Morgan fingerprint density at radius 2 is 2.05 bits per heavy atom. The van der Waals surface area contributed by atoms with Gasteiger partial charge in [-0.25, -0.2) is 9.78 Å². The highest BCUT2D eigenvalue weighted by Crippen LogP contribution is 2.24. The lowest BCUT2D eigenvalue weighted by atomic mass is 10.0. The molecular weight excluding hydrogens is 242 g/mol. The molecule has 1 aliphatic rings. The van der Waals surface area contributed by atoms with E-state index in [1.807, 2.05) is 29.2 Å². The number of rotatable bonds is 2. The molecule has 19 heavy (non-hydrogen) atoms. The molecule has 1 aromatic carbocycles. The van der Waals surface area contributed by atoms with Crippen LogP contribution in [-0.2, 0) is 4.79 Å². The van der Waals surface area contributed by atoms with Gasteiger partial charge in [-0.1, -0.05) is 12.1 Å². The predicted molar refractivity (Wildman–Crippen MR) is 72.2 cm³/mol. The SMILES string of the molecule is O=C(O)C1CCCCN1c1cnc2ccccc2n1. The van der Waals surface area contributed by atoms with Crippen LogP contribution in [0.5, 0.6) is 0 Å². The summed E-state index contributed by atoms with van der Waals surface area (Å²) in [4.78, 5) is 22.0. The van der Waals surface area contributed by atoms with Crippen molar-refractivity contribution in [1.82, 2.24) is 9.97 Å². The molecule has 1 N–H and O–H groups in total. The summed E-state index contributed by atoms with van der Waals surface area (Å²) < 4.78 is 0. The van der Waals surface area contributed by atoms with E-state index in [1.54, 1.807) is 6.20 Å². The first-order chi connectivity index (χ1) is 9.25. The van der Waals surface area contributed by atoms with Crippen molar-refractivity contribution < 1.29 is 9.90 Å². The minimum atomic E-state index is -0.783. The number of carboxylic acids is 1. The molecule has 0 amide bonds. The fourth-order valence-corrected chi connectivity index (χ4v) is 2.55. The van der Waals surface area contributed by atoms with Crippen LogP contribution in [0.15, 0.2) is 30.5 Å². The van der Waals surface area contributed by atoms with Crippen LogP contribution in [0.4, 0.5) is 5.82 Å². The fourth-order valence-electron chi connectivity index (χ4n) is 2.55. The zero-order valence-electron chi connectivity index (χ0n) is 10.5. The summed E-state index contributed by atoms with van der Waals surface area (Å²) >= 11 is 0. The van der Waals surface area contributed by atoms with Crippen molar-refractivity contribution in [3.63, 3.8) is 0 Å². The molecular formula is C14H15N3O2. The Kier molecular flexibility index (Phi) is 3.03. The van der Waals surface area contributed by atoms with Crippen LogP contribution in [0.2, 0.25) is 0 Å². The van der Waals surface area contributed by atoms with Crippen LogP contribution >= 0.6 is 0 Å². The molecule has 0 aliphatic carbocycles. The van der Waals surface area contributed by atoms with E-state index in [9.17, 15) is 9.90 Å². The summed E-state index contributed by atoms with van der Waals surface area (Å²) in [6, 6.07) is 7.13. The molecule has 1 atom stereocenters. The Bertz CT molecular complexity index is 614. The third-order valence-electron chi connectivity index (χ3n) is 3.52. The molecule has 98 valence electrons. The Labute approximate surface area is 110 Å². The van der Waals surface area contributed by atoms with Gasteiger partial charge in [0, 0.05) is 6.54 Å². The van der Waals surface area contributed by atoms with E-state index >= 15 is 0 Å². The first kappa shape index (κ1) is 11.9. The molecule has 0 bridgehead atoms. The molecule has 1 saturated heterocycles. The molecule has 0 spiro atoms. The number of aromatic nitrogens is 2. The number of benzene rings is 1. The monoisotopic (exact) mass is 257 g/mol. The van der Waals surface area contributed by atoms with Crippen molar-refractivity contribution in [2.75, 3.05) is 11.4 Å². The number of hydrogen-bond donors (Lipinski definition) is 1. The van der Waals surface area contributed by atoms with Crippen LogP contribution in [0.1, 0.15) is 19.3 Å². The van der Waals surface area contributed by atoms with Gasteiger partial charge in [-0.2, -0.15) is 0 Å². The van der Waals surface area contributed by atoms with Crippen LogP contribution in [0.25, 0.3) is 11.0 Å². The highest BCUT2D eigenvalue weighted by Gasteiger charge is 2.29. The molecule has 1 fully saturated rings. The lowest BCUT2D eigenvalue weighted by Crippen LogP contribution is -2.45. The summed E-state index contributed by atoms with van der Waals surface area (Å²) in [5.41, 5.74) is 1.63. The molecule has 2 aromatic rings.